The Morgan fingerprint density at radius 2 is 1.96 bits per heavy atom. The molecule has 4 rings (SSSR count). The molecule has 1 aromatic carbocycles. The van der Waals surface area contributed by atoms with Crippen molar-refractivity contribution in [1.29, 1.82) is 0 Å². The molecule has 0 radical (unpaired) electrons. The van der Waals surface area contributed by atoms with Crippen LogP contribution >= 0.6 is 0 Å². The maximum atomic E-state index is 12.8. The van der Waals surface area contributed by atoms with Gasteiger partial charge in [-0.15, -0.1) is 0 Å². The van der Waals surface area contributed by atoms with Crippen LogP contribution in [0.3, 0.4) is 0 Å². The average molecular weight is 376 g/mol. The molecule has 0 saturated carbocycles. The van der Waals surface area contributed by atoms with Gasteiger partial charge in [-0.05, 0) is 42.5 Å². The van der Waals surface area contributed by atoms with Crippen molar-refractivity contribution in [3.05, 3.63) is 65.8 Å². The molecule has 1 aliphatic rings. The van der Waals surface area contributed by atoms with Gasteiger partial charge < -0.3 is 9.42 Å². The van der Waals surface area contributed by atoms with Crippen LogP contribution in [-0.4, -0.2) is 32.5 Å². The van der Waals surface area contributed by atoms with Crippen LogP contribution in [0.15, 0.2) is 53.3 Å². The fraction of sp³-hybridized carbons (Fsp3) is 0.364. The molecule has 0 N–H and O–H groups in total. The summed E-state index contributed by atoms with van der Waals surface area (Å²) in [6.07, 6.45) is 7.41. The van der Waals surface area contributed by atoms with Gasteiger partial charge in [0.1, 0.15) is 0 Å². The molecule has 0 aliphatic carbocycles. The first-order chi connectivity index (χ1) is 13.7. The normalized spacial score (nSPS) is 16.5. The molecule has 1 amide bonds. The molecule has 0 spiro atoms. The van der Waals surface area contributed by atoms with Gasteiger partial charge in [0.25, 0.3) is 0 Å². The monoisotopic (exact) mass is 376 g/mol. The number of pyridine rings is 1. The van der Waals surface area contributed by atoms with Crippen molar-refractivity contribution < 1.29 is 9.32 Å². The lowest BCUT2D eigenvalue weighted by atomic mass is 10.1. The molecule has 28 heavy (non-hydrogen) atoms. The second-order valence-electron chi connectivity index (χ2n) is 7.09. The quantitative estimate of drug-likeness (QED) is 0.650. The largest absolute Gasteiger partial charge is 0.339 e. The predicted octanol–water partition coefficient (Wildman–Crippen LogP) is 3.99. The van der Waals surface area contributed by atoms with Gasteiger partial charge in [-0.2, -0.15) is 4.98 Å². The summed E-state index contributed by atoms with van der Waals surface area (Å²) in [7, 11) is 0. The summed E-state index contributed by atoms with van der Waals surface area (Å²) in [6.45, 7) is 2.92. The highest BCUT2D eigenvalue weighted by Crippen LogP contribution is 2.32. The fourth-order valence-electron chi connectivity index (χ4n) is 3.72. The molecule has 6 heteroatoms. The lowest BCUT2D eigenvalue weighted by Gasteiger charge is -2.24. The second-order valence-corrected chi connectivity index (χ2v) is 7.09. The zero-order valence-corrected chi connectivity index (χ0v) is 16.0. The van der Waals surface area contributed by atoms with E-state index in [0.29, 0.717) is 24.6 Å². The number of nitrogens with zero attached hydrogens (tertiary/aromatic N) is 4. The minimum Gasteiger partial charge on any atom is -0.339 e. The Hall–Kier alpha value is -3.02. The summed E-state index contributed by atoms with van der Waals surface area (Å²) in [5, 5.41) is 4.06. The maximum Gasteiger partial charge on any atom is 0.227 e. The fourth-order valence-corrected chi connectivity index (χ4v) is 3.72. The first-order valence-corrected chi connectivity index (χ1v) is 9.86. The summed E-state index contributed by atoms with van der Waals surface area (Å²) in [4.78, 5) is 23.3. The van der Waals surface area contributed by atoms with E-state index in [4.69, 9.17) is 4.52 Å². The maximum absolute atomic E-state index is 12.8. The van der Waals surface area contributed by atoms with Crippen LogP contribution in [0, 0.1) is 0 Å². The highest BCUT2D eigenvalue weighted by molar-refractivity contribution is 5.77. The van der Waals surface area contributed by atoms with Crippen LogP contribution in [0.4, 0.5) is 0 Å². The van der Waals surface area contributed by atoms with E-state index in [-0.39, 0.29) is 11.9 Å². The van der Waals surface area contributed by atoms with Crippen LogP contribution < -0.4 is 0 Å². The highest BCUT2D eigenvalue weighted by atomic mass is 16.5. The van der Waals surface area contributed by atoms with Crippen molar-refractivity contribution >= 4 is 5.91 Å². The molecule has 3 aromatic rings. The van der Waals surface area contributed by atoms with E-state index in [1.807, 2.05) is 29.2 Å². The Morgan fingerprint density at radius 3 is 2.71 bits per heavy atom. The summed E-state index contributed by atoms with van der Waals surface area (Å²) in [6, 6.07) is 12.3. The number of aryl methyl sites for hydroxylation is 2. The van der Waals surface area contributed by atoms with E-state index in [9.17, 15) is 4.79 Å². The number of aromatic nitrogens is 3. The van der Waals surface area contributed by atoms with Crippen LogP contribution in [0.1, 0.15) is 49.2 Å². The molecular weight excluding hydrogens is 352 g/mol. The molecular formula is C22H24N4O2. The van der Waals surface area contributed by atoms with Crippen molar-refractivity contribution in [2.45, 2.75) is 45.1 Å². The zero-order valence-electron chi connectivity index (χ0n) is 16.0. The van der Waals surface area contributed by atoms with Crippen molar-refractivity contribution in [3.8, 4) is 11.4 Å². The van der Waals surface area contributed by atoms with Crippen molar-refractivity contribution in [2.24, 2.45) is 0 Å². The van der Waals surface area contributed by atoms with Crippen LogP contribution in [0.25, 0.3) is 11.4 Å². The van der Waals surface area contributed by atoms with Gasteiger partial charge in [0.2, 0.25) is 17.6 Å². The smallest absolute Gasteiger partial charge is 0.227 e. The SMILES string of the molecule is CCc1ccc(-c2noc(CCC(=O)N3CCC[C@H]3c3ccncc3)n2)cc1. The molecule has 6 nitrogen and oxygen atoms in total. The van der Waals surface area contributed by atoms with E-state index >= 15 is 0 Å². The van der Waals surface area contributed by atoms with Crippen LogP contribution in [0.2, 0.25) is 0 Å². The molecule has 1 fully saturated rings. The Balaban J connectivity index is 1.38. The summed E-state index contributed by atoms with van der Waals surface area (Å²) in [5.74, 6) is 1.20. The first kappa shape index (κ1) is 18.3. The first-order valence-electron chi connectivity index (χ1n) is 9.86. The second kappa shape index (κ2) is 8.33. The predicted molar refractivity (Wildman–Crippen MR) is 105 cm³/mol. The minimum absolute atomic E-state index is 0.131. The van der Waals surface area contributed by atoms with Gasteiger partial charge in [0, 0.05) is 37.3 Å². The van der Waals surface area contributed by atoms with E-state index in [2.05, 4.69) is 34.2 Å². The topological polar surface area (TPSA) is 72.1 Å². The lowest BCUT2D eigenvalue weighted by molar-refractivity contribution is -0.132. The molecule has 0 unspecified atom stereocenters. The Labute approximate surface area is 164 Å². The lowest BCUT2D eigenvalue weighted by Crippen LogP contribution is -2.30. The molecule has 144 valence electrons. The van der Waals surface area contributed by atoms with Crippen molar-refractivity contribution in [1.82, 2.24) is 20.0 Å². The number of likely N-dealkylation sites (tertiary alicyclic amines) is 1. The molecule has 1 aliphatic heterocycles. The molecule has 3 heterocycles. The summed E-state index contributed by atoms with van der Waals surface area (Å²) >= 11 is 0. The third-order valence-electron chi connectivity index (χ3n) is 5.31. The summed E-state index contributed by atoms with van der Waals surface area (Å²) in [5.41, 5.74) is 3.35. The number of carbonyl (C=O) groups excluding carboxylic acids is 1. The van der Waals surface area contributed by atoms with Gasteiger partial charge in [-0.25, -0.2) is 0 Å². The van der Waals surface area contributed by atoms with E-state index in [1.165, 1.54) is 5.56 Å². The third kappa shape index (κ3) is 3.96. The number of amides is 1. The molecule has 1 atom stereocenters. The van der Waals surface area contributed by atoms with Crippen LogP contribution in [0.5, 0.6) is 0 Å². The molecule has 1 saturated heterocycles. The third-order valence-corrected chi connectivity index (χ3v) is 5.31. The number of carbonyl (C=O) groups is 1. The van der Waals surface area contributed by atoms with E-state index in [1.54, 1.807) is 12.4 Å². The van der Waals surface area contributed by atoms with Crippen LogP contribution in [-0.2, 0) is 17.6 Å². The van der Waals surface area contributed by atoms with Gasteiger partial charge in [0.05, 0.1) is 6.04 Å². The Kier molecular flexibility index (Phi) is 5.46. The zero-order chi connectivity index (χ0) is 19.3. The number of rotatable bonds is 6. The molecule has 0 bridgehead atoms. The van der Waals surface area contributed by atoms with Crippen molar-refractivity contribution in [2.75, 3.05) is 6.54 Å². The summed E-state index contributed by atoms with van der Waals surface area (Å²) < 4.78 is 5.36. The number of benzene rings is 1. The molecule has 2 aromatic heterocycles. The number of hydrogen-bond acceptors (Lipinski definition) is 5. The standard InChI is InChI=1S/C22H24N4O2/c1-2-16-5-7-18(8-6-16)22-24-20(28-25-22)9-10-21(27)26-15-3-4-19(26)17-11-13-23-14-12-17/h5-8,11-14,19H,2-4,9-10,15H2,1H3/t19-/m0/s1. The average Bonchev–Trinajstić information content (AvgIpc) is 3.43. The van der Waals surface area contributed by atoms with E-state index < -0.39 is 0 Å². The van der Waals surface area contributed by atoms with Gasteiger partial charge in [-0.3, -0.25) is 9.78 Å². The Bertz CT molecular complexity index is 921. The number of hydrogen-bond donors (Lipinski definition) is 0. The highest BCUT2D eigenvalue weighted by Gasteiger charge is 2.29. The van der Waals surface area contributed by atoms with Gasteiger partial charge in [0.15, 0.2) is 0 Å². The van der Waals surface area contributed by atoms with E-state index in [0.717, 1.165) is 36.9 Å². The van der Waals surface area contributed by atoms with Crippen molar-refractivity contribution in [3.63, 3.8) is 0 Å². The van der Waals surface area contributed by atoms with Gasteiger partial charge >= 0.3 is 0 Å². The van der Waals surface area contributed by atoms with Gasteiger partial charge in [-0.1, -0.05) is 36.3 Å². The Morgan fingerprint density at radius 1 is 1.18 bits per heavy atom. The minimum atomic E-state index is 0.131.